The normalized spacial score (nSPS) is 14.3. The van der Waals surface area contributed by atoms with Crippen molar-refractivity contribution < 1.29 is 13.2 Å². The Morgan fingerprint density at radius 1 is 0.829 bits per heavy atom. The average molecular weight is 462 g/mol. The molecule has 0 spiro atoms. The van der Waals surface area contributed by atoms with Crippen molar-refractivity contribution in [3.05, 3.63) is 103 Å². The van der Waals surface area contributed by atoms with Crippen LogP contribution in [0.25, 0.3) is 43.3 Å². The molecule has 0 saturated carbocycles. The van der Waals surface area contributed by atoms with Gasteiger partial charge in [-0.15, -0.1) is 0 Å². The molecule has 0 aliphatic heterocycles. The second-order valence-electron chi connectivity index (χ2n) is 8.49. The monoisotopic (exact) mass is 462 g/mol. The van der Waals surface area contributed by atoms with E-state index < -0.39 is 11.7 Å². The van der Waals surface area contributed by atoms with Crippen LogP contribution in [-0.2, 0) is 19.0 Å². The molecule has 35 heavy (non-hydrogen) atoms. The Balaban J connectivity index is 2.06. The standard InChI is InChI=1S/C28H13F3N4/c1-14-4-6-18-15(8-14)10-20-24(22(12-32)34-2)21-11-16-9-17(28(29,30)31)5-7-19(16)26(21)27(25(18)20)23(13-33)35-3/h4-9H,10-11H2,1H3/b24-22+,27-23+. The molecule has 0 fully saturated rings. The smallest absolute Gasteiger partial charge is 0.226 e. The van der Waals surface area contributed by atoms with E-state index in [1.54, 1.807) is 0 Å². The Labute approximate surface area is 198 Å². The molecule has 0 N–H and O–H groups in total. The van der Waals surface area contributed by atoms with Crippen LogP contribution in [0, 0.1) is 42.7 Å². The summed E-state index contributed by atoms with van der Waals surface area (Å²) < 4.78 is 40.3. The molecule has 0 radical (unpaired) electrons. The van der Waals surface area contributed by atoms with Gasteiger partial charge >= 0.3 is 6.18 Å². The maximum Gasteiger partial charge on any atom is 0.416 e. The number of hydrogen-bond acceptors (Lipinski definition) is 2. The van der Waals surface area contributed by atoms with Gasteiger partial charge in [-0.2, -0.15) is 13.2 Å². The van der Waals surface area contributed by atoms with Gasteiger partial charge in [0.25, 0.3) is 11.4 Å². The number of fused-ring (bicyclic) bond motifs is 6. The van der Waals surface area contributed by atoms with Crippen molar-refractivity contribution in [1.82, 2.24) is 0 Å². The third-order valence-electron chi connectivity index (χ3n) is 6.58. The molecule has 0 aromatic heterocycles. The molecule has 2 aliphatic rings. The maximum absolute atomic E-state index is 13.4. The minimum absolute atomic E-state index is 0.0664. The first-order chi connectivity index (χ1) is 16.7. The van der Waals surface area contributed by atoms with Crippen LogP contribution in [0.4, 0.5) is 13.2 Å². The number of nitrogens with zero attached hydrogens (tertiary/aromatic N) is 4. The minimum Gasteiger partial charge on any atom is -0.226 e. The Morgan fingerprint density at radius 2 is 1.34 bits per heavy atom. The van der Waals surface area contributed by atoms with Crippen molar-refractivity contribution in [1.29, 1.82) is 10.5 Å². The number of aryl methyl sites for hydroxylation is 1. The molecule has 3 aromatic carbocycles. The zero-order valence-corrected chi connectivity index (χ0v) is 18.3. The summed E-state index contributed by atoms with van der Waals surface area (Å²) in [7, 11) is 0. The molecular weight excluding hydrogens is 449 g/mol. The van der Waals surface area contributed by atoms with Crippen molar-refractivity contribution in [2.75, 3.05) is 0 Å². The van der Waals surface area contributed by atoms with Gasteiger partial charge in [0.1, 0.15) is 0 Å². The second-order valence-corrected chi connectivity index (χ2v) is 8.49. The molecule has 166 valence electrons. The van der Waals surface area contributed by atoms with Crippen molar-refractivity contribution in [2.24, 2.45) is 0 Å². The third-order valence-corrected chi connectivity index (χ3v) is 6.58. The van der Waals surface area contributed by atoms with E-state index in [4.69, 9.17) is 13.1 Å². The fraction of sp³-hybridized carbons (Fsp3) is 0.143. The van der Waals surface area contributed by atoms with E-state index in [-0.39, 0.29) is 17.8 Å². The summed E-state index contributed by atoms with van der Waals surface area (Å²) in [6.45, 7) is 17.2. The molecule has 0 unspecified atom stereocenters. The predicted octanol–water partition coefficient (Wildman–Crippen LogP) is 5.26. The van der Waals surface area contributed by atoms with Crippen molar-refractivity contribution in [3.63, 3.8) is 0 Å². The van der Waals surface area contributed by atoms with E-state index in [9.17, 15) is 23.7 Å². The van der Waals surface area contributed by atoms with E-state index in [1.807, 2.05) is 37.3 Å². The number of alkyl halides is 3. The summed E-state index contributed by atoms with van der Waals surface area (Å²) in [5.41, 5.74) is 4.73. The first kappa shape index (κ1) is 22.0. The molecule has 0 saturated heterocycles. The zero-order chi connectivity index (χ0) is 25.1. The van der Waals surface area contributed by atoms with Gasteiger partial charge in [0.05, 0.1) is 30.8 Å². The van der Waals surface area contributed by atoms with Crippen LogP contribution >= 0.6 is 0 Å². The van der Waals surface area contributed by atoms with Crippen molar-refractivity contribution >= 4 is 11.4 Å². The van der Waals surface area contributed by atoms with Gasteiger partial charge in [0.15, 0.2) is 0 Å². The molecule has 0 heterocycles. The third kappa shape index (κ3) is 3.11. The highest BCUT2D eigenvalue weighted by atomic mass is 19.4. The second kappa shape index (κ2) is 7.59. The van der Waals surface area contributed by atoms with Crippen LogP contribution in [0.2, 0.25) is 0 Å². The minimum atomic E-state index is -4.53. The quantitative estimate of drug-likeness (QED) is 0.295. The molecule has 0 atom stereocenters. The number of rotatable bonds is 0. The van der Waals surface area contributed by atoms with Crippen LogP contribution in [-0.4, -0.2) is 0 Å². The molecule has 3 aromatic rings. The summed E-state index contributed by atoms with van der Waals surface area (Å²) >= 11 is 0. The predicted molar refractivity (Wildman–Crippen MR) is 123 cm³/mol. The fourth-order valence-corrected chi connectivity index (χ4v) is 5.26. The lowest BCUT2D eigenvalue weighted by molar-refractivity contribution is -0.137. The van der Waals surface area contributed by atoms with Crippen LogP contribution in [0.3, 0.4) is 0 Å². The first-order valence-electron chi connectivity index (χ1n) is 10.5. The Kier molecular flexibility index (Phi) is 4.77. The summed E-state index contributed by atoms with van der Waals surface area (Å²) in [4.78, 5) is 6.90. The number of benzene rings is 3. The van der Waals surface area contributed by atoms with Gasteiger partial charge in [-0.05, 0) is 81.6 Å². The topological polar surface area (TPSA) is 56.3 Å². The van der Waals surface area contributed by atoms with E-state index in [1.165, 1.54) is 6.07 Å². The number of nitriles is 2. The number of halogens is 3. The molecule has 0 amide bonds. The van der Waals surface area contributed by atoms with Gasteiger partial charge in [-0.1, -0.05) is 29.8 Å². The highest BCUT2D eigenvalue weighted by Crippen LogP contribution is 2.42. The van der Waals surface area contributed by atoms with Gasteiger partial charge in [0, 0.05) is 5.22 Å². The summed E-state index contributed by atoms with van der Waals surface area (Å²) in [5, 5.41) is 20.4. The molecule has 4 nitrogen and oxygen atoms in total. The molecule has 5 rings (SSSR count). The van der Waals surface area contributed by atoms with Crippen molar-refractivity contribution in [2.45, 2.75) is 25.9 Å². The largest absolute Gasteiger partial charge is 0.416 e. The van der Waals surface area contributed by atoms with Crippen molar-refractivity contribution in [3.8, 4) is 34.4 Å². The zero-order valence-electron chi connectivity index (χ0n) is 18.3. The lowest BCUT2D eigenvalue weighted by atomic mass is 9.90. The van der Waals surface area contributed by atoms with E-state index in [0.29, 0.717) is 50.2 Å². The highest BCUT2D eigenvalue weighted by Gasteiger charge is 2.35. The van der Waals surface area contributed by atoms with E-state index >= 15 is 0 Å². The molecule has 2 aliphatic carbocycles. The van der Waals surface area contributed by atoms with E-state index in [2.05, 4.69) is 9.69 Å². The first-order valence-corrected chi connectivity index (χ1v) is 10.5. The van der Waals surface area contributed by atoms with Crippen LogP contribution < -0.4 is 10.4 Å². The average Bonchev–Trinajstić information content (AvgIpc) is 3.38. The SMILES string of the molecule is [C-]#[N+]/C(C#N)=c1\c2c(/c(=C(/C#N)[N+]#[C-])c3c1Cc1cc(C(F)(F)F)ccc1-3)-c1ccc(C)cc1C2. The lowest BCUT2D eigenvalue weighted by Gasteiger charge is -2.13. The Morgan fingerprint density at radius 3 is 1.86 bits per heavy atom. The van der Waals surface area contributed by atoms with Crippen LogP contribution in [0.15, 0.2) is 36.4 Å². The lowest BCUT2D eigenvalue weighted by Crippen LogP contribution is -2.25. The summed E-state index contributed by atoms with van der Waals surface area (Å²) in [5.74, 6) is 0. The van der Waals surface area contributed by atoms with Gasteiger partial charge in [0.2, 0.25) is 0 Å². The molecular formula is C28H13F3N4. The Hall–Kier alpha value is -4.85. The Bertz CT molecular complexity index is 1750. The highest BCUT2D eigenvalue weighted by molar-refractivity contribution is 5.93. The van der Waals surface area contributed by atoms with Crippen LogP contribution in [0.1, 0.15) is 33.4 Å². The fourth-order valence-electron chi connectivity index (χ4n) is 5.26. The summed E-state index contributed by atoms with van der Waals surface area (Å²) in [6.07, 6.45) is -4.07. The number of hydrogen-bond donors (Lipinski definition) is 0. The van der Waals surface area contributed by atoms with Gasteiger partial charge < -0.3 is 0 Å². The summed E-state index contributed by atoms with van der Waals surface area (Å²) in [6, 6.07) is 13.1. The van der Waals surface area contributed by atoms with Gasteiger partial charge in [-0.25, -0.2) is 20.2 Å². The molecule has 7 heteroatoms. The van der Waals surface area contributed by atoms with Gasteiger partial charge in [-0.3, -0.25) is 0 Å². The maximum atomic E-state index is 13.4. The van der Waals surface area contributed by atoms with E-state index in [0.717, 1.165) is 28.8 Å². The molecule has 0 bridgehead atoms. The van der Waals surface area contributed by atoms with Crippen LogP contribution in [0.5, 0.6) is 0 Å².